The summed E-state index contributed by atoms with van der Waals surface area (Å²) in [6, 6.07) is 0. The van der Waals surface area contributed by atoms with Crippen LogP contribution < -0.4 is 0 Å². The van der Waals surface area contributed by atoms with E-state index in [-0.39, 0.29) is 0 Å². The molecule has 1 N–H and O–H groups in total. The van der Waals surface area contributed by atoms with E-state index in [2.05, 4.69) is 5.16 Å². The minimum atomic E-state index is 0.685. The average molecular weight is 103 g/mol. The van der Waals surface area contributed by atoms with Crippen LogP contribution in [0.4, 0.5) is 0 Å². The average Bonchev–Trinajstić information content (AvgIpc) is 1.73. The Morgan fingerprint density at radius 1 is 1.29 bits per heavy atom. The molecule has 0 spiro atoms. The van der Waals surface area contributed by atoms with E-state index in [9.17, 15) is 0 Å². The van der Waals surface area contributed by atoms with E-state index in [1.165, 1.54) is 0 Å². The number of rotatable bonds is 0. The third-order valence-corrected chi connectivity index (χ3v) is 0.200. The van der Waals surface area contributed by atoms with E-state index < -0.39 is 0 Å². The Balaban J connectivity index is 0. The molecule has 0 aliphatic rings. The molecule has 0 saturated carbocycles. The smallest absolute Gasteiger partial charge is 0.0509 e. The summed E-state index contributed by atoms with van der Waals surface area (Å²) in [5.41, 5.74) is 0.685. The summed E-state index contributed by atoms with van der Waals surface area (Å²) in [6.07, 6.45) is 0. The van der Waals surface area contributed by atoms with Gasteiger partial charge in [-0.2, -0.15) is 0 Å². The van der Waals surface area contributed by atoms with Crippen LogP contribution in [0.25, 0.3) is 0 Å². The summed E-state index contributed by atoms with van der Waals surface area (Å²) in [7, 11) is 0. The molecular weight excluding hydrogens is 90.1 g/mol. The maximum atomic E-state index is 7.73. The van der Waals surface area contributed by atoms with Crippen molar-refractivity contribution in [2.45, 2.75) is 27.7 Å². The molecule has 0 amide bonds. The van der Waals surface area contributed by atoms with Crippen molar-refractivity contribution in [1.29, 1.82) is 0 Å². The van der Waals surface area contributed by atoms with Gasteiger partial charge in [0.2, 0.25) is 0 Å². The monoisotopic (exact) mass is 103 g/mol. The third kappa shape index (κ3) is 30.5. The first kappa shape index (κ1) is 9.69. The summed E-state index contributed by atoms with van der Waals surface area (Å²) in [5, 5.41) is 10.5. The molecule has 0 aromatic heterocycles. The largest absolute Gasteiger partial charge is 0.411 e. The second-order valence-electron chi connectivity index (χ2n) is 1.05. The third-order valence-electron chi connectivity index (χ3n) is 0.200. The zero-order valence-corrected chi connectivity index (χ0v) is 5.39. The first-order valence-electron chi connectivity index (χ1n) is 2.42. The van der Waals surface area contributed by atoms with E-state index in [1.54, 1.807) is 13.8 Å². The second kappa shape index (κ2) is 9.08. The summed E-state index contributed by atoms with van der Waals surface area (Å²) in [6.45, 7) is 7.44. The van der Waals surface area contributed by atoms with Gasteiger partial charge in [0, 0.05) is 0 Å². The van der Waals surface area contributed by atoms with Gasteiger partial charge in [0.25, 0.3) is 0 Å². The Hall–Kier alpha value is -0.530. The van der Waals surface area contributed by atoms with Gasteiger partial charge in [0.15, 0.2) is 0 Å². The lowest BCUT2D eigenvalue weighted by Gasteiger charge is -1.72. The predicted molar refractivity (Wildman–Crippen MR) is 31.9 cm³/mol. The molecule has 0 heterocycles. The fraction of sp³-hybridized carbons (Fsp3) is 0.800. The molecule has 2 heteroatoms. The van der Waals surface area contributed by atoms with Crippen LogP contribution in [0, 0.1) is 0 Å². The van der Waals surface area contributed by atoms with Crippen molar-refractivity contribution in [3.8, 4) is 0 Å². The van der Waals surface area contributed by atoms with Crippen LogP contribution in [0.3, 0.4) is 0 Å². The van der Waals surface area contributed by atoms with Crippen LogP contribution in [-0.4, -0.2) is 10.9 Å². The highest BCUT2D eigenvalue weighted by molar-refractivity contribution is 5.78. The van der Waals surface area contributed by atoms with E-state index >= 15 is 0 Å². The van der Waals surface area contributed by atoms with Gasteiger partial charge in [-0.25, -0.2) is 0 Å². The van der Waals surface area contributed by atoms with Gasteiger partial charge in [-0.15, -0.1) is 0 Å². The Labute approximate surface area is 44.8 Å². The van der Waals surface area contributed by atoms with Gasteiger partial charge in [-0.3, -0.25) is 0 Å². The Kier molecular flexibility index (Phi) is 12.6. The SMILES string of the molecule is CC.CC(C)=NO. The normalized spacial score (nSPS) is 5.71. The number of oxime groups is 1. The zero-order valence-electron chi connectivity index (χ0n) is 5.39. The number of hydrogen-bond donors (Lipinski definition) is 1. The first-order chi connectivity index (χ1) is 3.27. The second-order valence-corrected chi connectivity index (χ2v) is 1.05. The quantitative estimate of drug-likeness (QED) is 0.283. The van der Waals surface area contributed by atoms with Crippen LogP contribution in [0.2, 0.25) is 0 Å². The molecule has 0 radical (unpaired) electrons. The van der Waals surface area contributed by atoms with E-state index in [1.807, 2.05) is 13.8 Å². The molecule has 0 aliphatic carbocycles. The molecule has 0 atom stereocenters. The first-order valence-corrected chi connectivity index (χ1v) is 2.42. The molecule has 0 rings (SSSR count). The maximum absolute atomic E-state index is 7.73. The molecule has 0 saturated heterocycles. The summed E-state index contributed by atoms with van der Waals surface area (Å²) < 4.78 is 0. The number of nitrogens with zero attached hydrogens (tertiary/aromatic N) is 1. The van der Waals surface area contributed by atoms with Gasteiger partial charge in [-0.1, -0.05) is 19.0 Å². The molecule has 0 aliphatic heterocycles. The highest BCUT2D eigenvalue weighted by Gasteiger charge is 1.65. The Bertz CT molecular complexity index is 46.0. The van der Waals surface area contributed by atoms with Crippen molar-refractivity contribution in [3.05, 3.63) is 0 Å². The van der Waals surface area contributed by atoms with E-state index in [4.69, 9.17) is 5.21 Å². The van der Waals surface area contributed by atoms with Crippen LogP contribution in [0.1, 0.15) is 27.7 Å². The standard InChI is InChI=1S/C3H7NO.C2H6/c1-3(2)4-5;1-2/h5H,1-2H3;1-2H3. The molecule has 0 unspecified atom stereocenters. The van der Waals surface area contributed by atoms with Gasteiger partial charge >= 0.3 is 0 Å². The highest BCUT2D eigenvalue weighted by atomic mass is 16.4. The van der Waals surface area contributed by atoms with Crippen molar-refractivity contribution in [2.75, 3.05) is 0 Å². The van der Waals surface area contributed by atoms with Crippen LogP contribution in [0.15, 0.2) is 5.16 Å². The van der Waals surface area contributed by atoms with Gasteiger partial charge < -0.3 is 5.21 Å². The van der Waals surface area contributed by atoms with Crippen molar-refractivity contribution < 1.29 is 5.21 Å². The predicted octanol–water partition coefficient (Wildman–Crippen LogP) is 1.88. The molecule has 2 nitrogen and oxygen atoms in total. The Morgan fingerprint density at radius 3 is 1.43 bits per heavy atom. The zero-order chi connectivity index (χ0) is 6.28. The topological polar surface area (TPSA) is 32.6 Å². The molecular formula is C5H13NO. The lowest BCUT2D eigenvalue weighted by Crippen LogP contribution is -1.74. The van der Waals surface area contributed by atoms with Crippen LogP contribution in [-0.2, 0) is 0 Å². The minimum Gasteiger partial charge on any atom is -0.411 e. The van der Waals surface area contributed by atoms with Gasteiger partial charge in [0.1, 0.15) is 0 Å². The van der Waals surface area contributed by atoms with Crippen molar-refractivity contribution in [3.63, 3.8) is 0 Å². The summed E-state index contributed by atoms with van der Waals surface area (Å²) >= 11 is 0. The molecule has 44 valence electrons. The fourth-order valence-electron chi connectivity index (χ4n) is 0. The molecule has 0 bridgehead atoms. The number of hydrogen-bond acceptors (Lipinski definition) is 2. The molecule has 7 heavy (non-hydrogen) atoms. The molecule has 0 aromatic rings. The summed E-state index contributed by atoms with van der Waals surface area (Å²) in [5.74, 6) is 0. The molecule has 0 fully saturated rings. The van der Waals surface area contributed by atoms with Crippen LogP contribution in [0.5, 0.6) is 0 Å². The van der Waals surface area contributed by atoms with E-state index in [0.29, 0.717) is 5.71 Å². The molecule has 0 aromatic carbocycles. The van der Waals surface area contributed by atoms with Gasteiger partial charge in [0.05, 0.1) is 5.71 Å². The van der Waals surface area contributed by atoms with E-state index in [0.717, 1.165) is 0 Å². The summed E-state index contributed by atoms with van der Waals surface area (Å²) in [4.78, 5) is 0. The lowest BCUT2D eigenvalue weighted by molar-refractivity contribution is 0.318. The van der Waals surface area contributed by atoms with Crippen molar-refractivity contribution in [1.82, 2.24) is 0 Å². The van der Waals surface area contributed by atoms with Crippen LogP contribution >= 0.6 is 0 Å². The highest BCUT2D eigenvalue weighted by Crippen LogP contribution is 1.62. The maximum Gasteiger partial charge on any atom is 0.0509 e. The van der Waals surface area contributed by atoms with Crippen molar-refractivity contribution in [2.24, 2.45) is 5.16 Å². The van der Waals surface area contributed by atoms with Crippen molar-refractivity contribution >= 4 is 5.71 Å². The Morgan fingerprint density at radius 2 is 1.43 bits per heavy atom. The lowest BCUT2D eigenvalue weighted by atomic mass is 10.5. The fourth-order valence-corrected chi connectivity index (χ4v) is 0. The van der Waals surface area contributed by atoms with Gasteiger partial charge in [-0.05, 0) is 13.8 Å². The minimum absolute atomic E-state index is 0.685.